The second-order valence-electron chi connectivity index (χ2n) is 5.40. The highest BCUT2D eigenvalue weighted by atomic mass is 16.1. The van der Waals surface area contributed by atoms with Crippen molar-refractivity contribution in [1.82, 2.24) is 19.4 Å². The zero-order valence-electron chi connectivity index (χ0n) is 11.8. The fourth-order valence-electron chi connectivity index (χ4n) is 3.05. The van der Waals surface area contributed by atoms with Crippen LogP contribution in [-0.4, -0.2) is 26.6 Å². The van der Waals surface area contributed by atoms with Crippen molar-refractivity contribution in [3.05, 3.63) is 42.1 Å². The van der Waals surface area contributed by atoms with E-state index in [1.54, 1.807) is 0 Å². The van der Waals surface area contributed by atoms with Gasteiger partial charge in [0.05, 0.1) is 23.1 Å². The molecule has 2 aromatic heterocycles. The third kappa shape index (κ3) is 1.85. The van der Waals surface area contributed by atoms with E-state index in [9.17, 15) is 4.79 Å². The maximum Gasteiger partial charge on any atom is 0.224 e. The summed E-state index contributed by atoms with van der Waals surface area (Å²) >= 11 is 0. The second-order valence-corrected chi connectivity index (χ2v) is 5.40. The van der Waals surface area contributed by atoms with Gasteiger partial charge < -0.3 is 14.5 Å². The van der Waals surface area contributed by atoms with Gasteiger partial charge in [0.25, 0.3) is 0 Å². The summed E-state index contributed by atoms with van der Waals surface area (Å²) in [6.45, 7) is 1.37. The first-order chi connectivity index (χ1) is 10.2. The fraction of sp³-hybridized carbons (Fsp3) is 0.250. The smallest absolute Gasteiger partial charge is 0.224 e. The van der Waals surface area contributed by atoms with Gasteiger partial charge in [-0.15, -0.1) is 0 Å². The van der Waals surface area contributed by atoms with E-state index in [1.807, 2.05) is 37.5 Å². The van der Waals surface area contributed by atoms with Gasteiger partial charge >= 0.3 is 0 Å². The van der Waals surface area contributed by atoms with Crippen molar-refractivity contribution in [2.24, 2.45) is 7.05 Å². The fourth-order valence-corrected chi connectivity index (χ4v) is 3.05. The molecule has 5 heteroatoms. The zero-order chi connectivity index (χ0) is 14.4. The Morgan fingerprint density at radius 1 is 1.24 bits per heavy atom. The lowest BCUT2D eigenvalue weighted by Crippen LogP contribution is -2.30. The second kappa shape index (κ2) is 4.48. The van der Waals surface area contributed by atoms with Crippen LogP contribution in [0.5, 0.6) is 0 Å². The number of rotatable bonds is 1. The summed E-state index contributed by atoms with van der Waals surface area (Å²) in [7, 11) is 2.02. The molecule has 0 saturated carbocycles. The molecular weight excluding hydrogens is 264 g/mol. The molecule has 0 fully saturated rings. The maximum atomic E-state index is 11.8. The van der Waals surface area contributed by atoms with Crippen LogP contribution < -0.4 is 5.32 Å². The summed E-state index contributed by atoms with van der Waals surface area (Å²) in [5.74, 6) is 1.04. The minimum atomic E-state index is 0.0790. The van der Waals surface area contributed by atoms with Gasteiger partial charge in [0, 0.05) is 26.3 Å². The number of hydrogen-bond donors (Lipinski definition) is 1. The molecule has 3 aromatic rings. The Hall–Kier alpha value is -2.56. The van der Waals surface area contributed by atoms with Crippen molar-refractivity contribution < 1.29 is 4.79 Å². The maximum absolute atomic E-state index is 11.8. The molecule has 4 rings (SSSR count). The van der Waals surface area contributed by atoms with Gasteiger partial charge in [0.15, 0.2) is 5.82 Å². The lowest BCUT2D eigenvalue weighted by molar-refractivity contribution is -0.120. The van der Waals surface area contributed by atoms with E-state index in [2.05, 4.69) is 20.5 Å². The van der Waals surface area contributed by atoms with Gasteiger partial charge in [0.2, 0.25) is 5.91 Å². The van der Waals surface area contributed by atoms with Crippen molar-refractivity contribution in [3.63, 3.8) is 0 Å². The molecule has 21 heavy (non-hydrogen) atoms. The molecular formula is C16H16N4O. The van der Waals surface area contributed by atoms with E-state index in [1.165, 1.54) is 0 Å². The highest BCUT2D eigenvalue weighted by Gasteiger charge is 2.20. The highest BCUT2D eigenvalue weighted by molar-refractivity contribution is 5.89. The molecule has 3 heterocycles. The van der Waals surface area contributed by atoms with E-state index in [0.717, 1.165) is 34.7 Å². The van der Waals surface area contributed by atoms with E-state index >= 15 is 0 Å². The number of carbonyl (C=O) groups is 1. The summed E-state index contributed by atoms with van der Waals surface area (Å²) in [5.41, 5.74) is 4.17. The number of para-hydroxylation sites is 1. The molecule has 0 aliphatic carbocycles. The van der Waals surface area contributed by atoms with Crippen molar-refractivity contribution >= 4 is 16.9 Å². The predicted molar refractivity (Wildman–Crippen MR) is 80.9 cm³/mol. The summed E-state index contributed by atoms with van der Waals surface area (Å²) in [4.78, 5) is 16.6. The van der Waals surface area contributed by atoms with Gasteiger partial charge in [0.1, 0.15) is 0 Å². The van der Waals surface area contributed by atoms with Crippen molar-refractivity contribution in [3.8, 4) is 11.5 Å². The molecule has 1 N–H and O–H groups in total. The van der Waals surface area contributed by atoms with Crippen LogP contribution in [0.3, 0.4) is 0 Å². The van der Waals surface area contributed by atoms with Crippen LogP contribution in [0.15, 0.2) is 36.5 Å². The normalized spacial score (nSPS) is 14.8. The third-order valence-electron chi connectivity index (χ3n) is 4.03. The molecule has 1 aliphatic heterocycles. The van der Waals surface area contributed by atoms with Gasteiger partial charge in [-0.1, -0.05) is 12.1 Å². The minimum absolute atomic E-state index is 0.0790. The van der Waals surface area contributed by atoms with Crippen LogP contribution in [0.2, 0.25) is 0 Å². The van der Waals surface area contributed by atoms with Crippen LogP contribution in [-0.2, 0) is 24.8 Å². The first-order valence-electron chi connectivity index (χ1n) is 7.10. The predicted octanol–water partition coefficient (Wildman–Crippen LogP) is 1.71. The van der Waals surface area contributed by atoms with Crippen LogP contribution in [0.1, 0.15) is 5.56 Å². The molecule has 0 saturated heterocycles. The lowest BCUT2D eigenvalue weighted by atomic mass is 10.1. The quantitative estimate of drug-likeness (QED) is 0.738. The number of nitrogens with zero attached hydrogens (tertiary/aromatic N) is 3. The molecule has 5 nitrogen and oxygen atoms in total. The summed E-state index contributed by atoms with van der Waals surface area (Å²) in [6.07, 6.45) is 2.43. The monoisotopic (exact) mass is 280 g/mol. The van der Waals surface area contributed by atoms with Crippen LogP contribution in [0.25, 0.3) is 22.6 Å². The highest BCUT2D eigenvalue weighted by Crippen LogP contribution is 2.28. The summed E-state index contributed by atoms with van der Waals surface area (Å²) < 4.78 is 4.29. The third-order valence-corrected chi connectivity index (χ3v) is 4.03. The number of imidazole rings is 1. The first-order valence-corrected chi connectivity index (χ1v) is 7.10. The topological polar surface area (TPSA) is 51.9 Å². The van der Waals surface area contributed by atoms with E-state index in [-0.39, 0.29) is 5.91 Å². The standard InChI is InChI=1S/C16H16N4O/c1-19-8-3-6-13(19)16-18-12-5-2-4-11-10-14(21)17-7-9-20(16)15(11)12/h2-6,8H,7,9-10H2,1H3,(H,17,21). The SMILES string of the molecule is Cn1cccc1-c1nc2cccc3c2n1CCNC(=O)C3. The Kier molecular flexibility index (Phi) is 2.60. The number of aryl methyl sites for hydroxylation is 1. The number of hydrogen-bond acceptors (Lipinski definition) is 2. The lowest BCUT2D eigenvalue weighted by Gasteiger charge is -2.16. The van der Waals surface area contributed by atoms with Gasteiger partial charge in [-0.05, 0) is 23.8 Å². The minimum Gasteiger partial charge on any atom is -0.354 e. The molecule has 0 radical (unpaired) electrons. The number of benzene rings is 1. The molecule has 0 bridgehead atoms. The molecule has 1 amide bonds. The Labute approximate surface area is 122 Å². The van der Waals surface area contributed by atoms with E-state index < -0.39 is 0 Å². The molecule has 0 spiro atoms. The molecule has 0 unspecified atom stereocenters. The Morgan fingerprint density at radius 2 is 2.14 bits per heavy atom. The average Bonchev–Trinajstić information content (AvgIpc) is 3.01. The Morgan fingerprint density at radius 3 is 2.95 bits per heavy atom. The average molecular weight is 280 g/mol. The number of amides is 1. The van der Waals surface area contributed by atoms with E-state index in [4.69, 9.17) is 4.98 Å². The van der Waals surface area contributed by atoms with Crippen molar-refractivity contribution in [1.29, 1.82) is 0 Å². The van der Waals surface area contributed by atoms with Crippen molar-refractivity contribution in [2.45, 2.75) is 13.0 Å². The van der Waals surface area contributed by atoms with Gasteiger partial charge in [-0.25, -0.2) is 4.98 Å². The largest absolute Gasteiger partial charge is 0.354 e. The van der Waals surface area contributed by atoms with Gasteiger partial charge in [-0.2, -0.15) is 0 Å². The van der Waals surface area contributed by atoms with Crippen LogP contribution in [0.4, 0.5) is 0 Å². The molecule has 1 aromatic carbocycles. The van der Waals surface area contributed by atoms with Crippen LogP contribution in [0, 0.1) is 0 Å². The van der Waals surface area contributed by atoms with Crippen molar-refractivity contribution in [2.75, 3.05) is 6.54 Å². The first kappa shape index (κ1) is 12.2. The molecule has 1 aliphatic rings. The van der Waals surface area contributed by atoms with Gasteiger partial charge in [-0.3, -0.25) is 4.79 Å². The zero-order valence-corrected chi connectivity index (χ0v) is 11.8. The number of aromatic nitrogens is 3. The molecule has 0 atom stereocenters. The Bertz CT molecular complexity index is 843. The van der Waals surface area contributed by atoms with Crippen LogP contribution >= 0.6 is 0 Å². The Balaban J connectivity index is 2.03. The summed E-state index contributed by atoms with van der Waals surface area (Å²) in [5, 5.41) is 2.95. The molecule has 106 valence electrons. The summed E-state index contributed by atoms with van der Waals surface area (Å²) in [6, 6.07) is 10.1. The van der Waals surface area contributed by atoms with E-state index in [0.29, 0.717) is 13.0 Å². The number of nitrogens with one attached hydrogen (secondary N) is 1. The number of carbonyl (C=O) groups excluding carboxylic acids is 1.